The fourth-order valence-corrected chi connectivity index (χ4v) is 3.42. The molecule has 0 aliphatic carbocycles. The highest BCUT2D eigenvalue weighted by molar-refractivity contribution is 7.89. The van der Waals surface area contributed by atoms with Crippen LogP contribution in [-0.2, 0) is 16.6 Å². The van der Waals surface area contributed by atoms with Crippen molar-refractivity contribution in [2.45, 2.75) is 65.1 Å². The summed E-state index contributed by atoms with van der Waals surface area (Å²) in [5, 5.41) is 3.07. The molecule has 0 radical (unpaired) electrons. The summed E-state index contributed by atoms with van der Waals surface area (Å²) in [6, 6.07) is 1.82. The lowest BCUT2D eigenvalue weighted by molar-refractivity contribution is 0.317. The molecule has 0 bridgehead atoms. The van der Waals surface area contributed by atoms with Crippen molar-refractivity contribution < 1.29 is 8.42 Å². The second-order valence-electron chi connectivity index (χ2n) is 6.91. The summed E-state index contributed by atoms with van der Waals surface area (Å²) in [6.45, 7) is 12.7. The van der Waals surface area contributed by atoms with Gasteiger partial charge in [0, 0.05) is 30.5 Å². The molecule has 0 amide bonds. The van der Waals surface area contributed by atoms with Crippen LogP contribution in [0.5, 0.6) is 0 Å². The minimum atomic E-state index is -3.49. The van der Waals surface area contributed by atoms with Crippen LogP contribution in [0.3, 0.4) is 0 Å². The minimum absolute atomic E-state index is 0.124. The monoisotopic (exact) mass is 315 g/mol. The lowest BCUT2D eigenvalue weighted by Crippen LogP contribution is -2.41. The standard InChI is InChI=1S/C15H29N3O2S/c1-11(2)18-10-14(8-13(18)9-16-7)21(19,20)17-12(3)15(4,5)6/h8,10-12,16-17H,9H2,1-7H3. The maximum Gasteiger partial charge on any atom is 0.242 e. The maximum absolute atomic E-state index is 12.5. The summed E-state index contributed by atoms with van der Waals surface area (Å²) in [7, 11) is -1.64. The molecule has 0 aliphatic rings. The molecule has 1 rings (SSSR count). The lowest BCUT2D eigenvalue weighted by Gasteiger charge is -2.27. The molecule has 1 aromatic heterocycles. The van der Waals surface area contributed by atoms with Crippen LogP contribution in [0.1, 0.15) is 53.3 Å². The summed E-state index contributed by atoms with van der Waals surface area (Å²) in [4.78, 5) is 0.331. The molecule has 122 valence electrons. The zero-order valence-corrected chi connectivity index (χ0v) is 15.0. The molecule has 21 heavy (non-hydrogen) atoms. The van der Waals surface area contributed by atoms with E-state index in [4.69, 9.17) is 0 Å². The van der Waals surface area contributed by atoms with E-state index in [9.17, 15) is 8.42 Å². The van der Waals surface area contributed by atoms with Crippen molar-refractivity contribution in [1.82, 2.24) is 14.6 Å². The Morgan fingerprint density at radius 2 is 1.81 bits per heavy atom. The van der Waals surface area contributed by atoms with Gasteiger partial charge in [0.1, 0.15) is 0 Å². The van der Waals surface area contributed by atoms with Gasteiger partial charge >= 0.3 is 0 Å². The van der Waals surface area contributed by atoms with Crippen molar-refractivity contribution in [1.29, 1.82) is 0 Å². The molecule has 0 spiro atoms. The van der Waals surface area contributed by atoms with Crippen LogP contribution >= 0.6 is 0 Å². The zero-order valence-electron chi connectivity index (χ0n) is 14.2. The molecule has 1 aromatic rings. The van der Waals surface area contributed by atoms with Crippen LogP contribution < -0.4 is 10.0 Å². The van der Waals surface area contributed by atoms with Gasteiger partial charge in [-0.1, -0.05) is 20.8 Å². The van der Waals surface area contributed by atoms with Crippen LogP contribution in [0.4, 0.5) is 0 Å². The Morgan fingerprint density at radius 1 is 1.24 bits per heavy atom. The van der Waals surface area contributed by atoms with Crippen LogP contribution in [0.25, 0.3) is 0 Å². The number of rotatable bonds is 6. The van der Waals surface area contributed by atoms with E-state index in [0.717, 1.165) is 5.69 Å². The quantitative estimate of drug-likeness (QED) is 0.848. The summed E-state index contributed by atoms with van der Waals surface area (Å²) in [5.74, 6) is 0. The first kappa shape index (κ1) is 18.2. The zero-order chi connectivity index (χ0) is 16.4. The molecular formula is C15H29N3O2S. The Morgan fingerprint density at radius 3 is 2.24 bits per heavy atom. The normalized spacial score (nSPS) is 14.7. The third-order valence-corrected chi connectivity index (χ3v) is 5.27. The summed E-state index contributed by atoms with van der Waals surface area (Å²) >= 11 is 0. The van der Waals surface area contributed by atoms with Gasteiger partial charge in [-0.05, 0) is 39.3 Å². The summed E-state index contributed by atoms with van der Waals surface area (Å²) in [5.41, 5.74) is 0.845. The first-order valence-electron chi connectivity index (χ1n) is 7.36. The van der Waals surface area contributed by atoms with E-state index in [1.807, 2.05) is 53.2 Å². The first-order valence-corrected chi connectivity index (χ1v) is 8.85. The fourth-order valence-electron chi connectivity index (χ4n) is 1.92. The smallest absolute Gasteiger partial charge is 0.242 e. The number of nitrogens with zero attached hydrogens (tertiary/aromatic N) is 1. The van der Waals surface area contributed by atoms with Gasteiger partial charge in [0.05, 0.1) is 4.90 Å². The van der Waals surface area contributed by atoms with E-state index < -0.39 is 10.0 Å². The highest BCUT2D eigenvalue weighted by atomic mass is 32.2. The molecule has 0 saturated heterocycles. The Hall–Kier alpha value is -0.850. The molecule has 5 nitrogen and oxygen atoms in total. The van der Waals surface area contributed by atoms with Gasteiger partial charge in [0.2, 0.25) is 10.0 Å². The van der Waals surface area contributed by atoms with Crippen molar-refractivity contribution >= 4 is 10.0 Å². The number of aromatic nitrogens is 1. The van der Waals surface area contributed by atoms with Crippen molar-refractivity contribution in [3.05, 3.63) is 18.0 Å². The predicted molar refractivity (Wildman–Crippen MR) is 86.8 cm³/mol. The highest BCUT2D eigenvalue weighted by Crippen LogP contribution is 2.23. The van der Waals surface area contributed by atoms with E-state index in [1.165, 1.54) is 0 Å². The summed E-state index contributed by atoms with van der Waals surface area (Å²) in [6.07, 6.45) is 1.72. The molecule has 0 fully saturated rings. The van der Waals surface area contributed by atoms with Crippen molar-refractivity contribution in [2.24, 2.45) is 5.41 Å². The third-order valence-electron chi connectivity index (χ3n) is 3.76. The van der Waals surface area contributed by atoms with Crippen molar-refractivity contribution in [2.75, 3.05) is 7.05 Å². The SMILES string of the molecule is CNCc1cc(S(=O)(=O)NC(C)C(C)(C)C)cn1C(C)C. The molecule has 0 aliphatic heterocycles. The Balaban J connectivity index is 3.12. The number of hydrogen-bond donors (Lipinski definition) is 2. The van der Waals surface area contributed by atoms with Gasteiger partial charge in [0.25, 0.3) is 0 Å². The third kappa shape index (κ3) is 4.56. The van der Waals surface area contributed by atoms with Gasteiger partial charge in [-0.15, -0.1) is 0 Å². The van der Waals surface area contributed by atoms with E-state index in [2.05, 4.69) is 10.0 Å². The fraction of sp³-hybridized carbons (Fsp3) is 0.733. The second kappa shape index (κ2) is 6.50. The van der Waals surface area contributed by atoms with Crippen LogP contribution in [0.15, 0.2) is 17.2 Å². The second-order valence-corrected chi connectivity index (χ2v) is 8.62. The van der Waals surface area contributed by atoms with Gasteiger partial charge < -0.3 is 9.88 Å². The molecule has 1 atom stereocenters. The highest BCUT2D eigenvalue weighted by Gasteiger charge is 2.27. The van der Waals surface area contributed by atoms with Gasteiger partial charge in [-0.2, -0.15) is 0 Å². The van der Waals surface area contributed by atoms with Crippen LogP contribution in [-0.4, -0.2) is 26.1 Å². The van der Waals surface area contributed by atoms with Gasteiger partial charge in [-0.3, -0.25) is 0 Å². The van der Waals surface area contributed by atoms with Crippen molar-refractivity contribution in [3.8, 4) is 0 Å². The minimum Gasteiger partial charge on any atom is -0.346 e. The molecule has 0 aromatic carbocycles. The average Bonchev–Trinajstić information content (AvgIpc) is 2.72. The van der Waals surface area contributed by atoms with E-state index in [-0.39, 0.29) is 17.5 Å². The Kier molecular flexibility index (Phi) is 5.63. The molecule has 2 N–H and O–H groups in total. The Bertz CT molecular complexity index is 568. The van der Waals surface area contributed by atoms with Crippen LogP contribution in [0.2, 0.25) is 0 Å². The van der Waals surface area contributed by atoms with Gasteiger partial charge in [-0.25, -0.2) is 13.1 Å². The van der Waals surface area contributed by atoms with E-state index in [1.54, 1.807) is 12.3 Å². The van der Waals surface area contributed by atoms with Crippen molar-refractivity contribution in [3.63, 3.8) is 0 Å². The topological polar surface area (TPSA) is 63.1 Å². The lowest BCUT2D eigenvalue weighted by atomic mass is 9.89. The molecule has 1 heterocycles. The van der Waals surface area contributed by atoms with E-state index in [0.29, 0.717) is 11.4 Å². The molecular weight excluding hydrogens is 286 g/mol. The van der Waals surface area contributed by atoms with E-state index >= 15 is 0 Å². The Labute approximate surface area is 129 Å². The first-order chi connectivity index (χ1) is 9.49. The average molecular weight is 315 g/mol. The number of sulfonamides is 1. The summed E-state index contributed by atoms with van der Waals surface area (Å²) < 4.78 is 29.8. The largest absolute Gasteiger partial charge is 0.346 e. The maximum atomic E-state index is 12.5. The number of hydrogen-bond acceptors (Lipinski definition) is 3. The molecule has 0 saturated carbocycles. The number of nitrogens with one attached hydrogen (secondary N) is 2. The van der Waals surface area contributed by atoms with Gasteiger partial charge in [0.15, 0.2) is 0 Å². The predicted octanol–water partition coefficient (Wildman–Crippen LogP) is 2.50. The van der Waals surface area contributed by atoms with Crippen LogP contribution in [0, 0.1) is 5.41 Å². The molecule has 6 heteroatoms. The molecule has 1 unspecified atom stereocenters.